The number of aliphatic hydroxyl groups is 1. The zero-order chi connectivity index (χ0) is 15.3. The van der Waals surface area contributed by atoms with Crippen molar-refractivity contribution in [3.8, 4) is 5.75 Å². The molecule has 0 saturated carbocycles. The highest BCUT2D eigenvalue weighted by Gasteiger charge is 2.37. The van der Waals surface area contributed by atoms with Gasteiger partial charge in [0.25, 0.3) is 0 Å². The van der Waals surface area contributed by atoms with E-state index in [1.54, 1.807) is 0 Å². The van der Waals surface area contributed by atoms with Crippen molar-refractivity contribution in [2.75, 3.05) is 20.6 Å². The van der Waals surface area contributed by atoms with Crippen LogP contribution in [0.2, 0.25) is 0 Å². The number of rotatable bonds is 6. The Morgan fingerprint density at radius 1 is 1.00 bits per heavy atom. The van der Waals surface area contributed by atoms with Crippen molar-refractivity contribution in [1.82, 2.24) is 4.90 Å². The Morgan fingerprint density at radius 2 is 1.52 bits per heavy atom. The second kappa shape index (κ2) is 6.74. The summed E-state index contributed by atoms with van der Waals surface area (Å²) in [5.41, 5.74) is 0.129. The van der Waals surface area contributed by atoms with Crippen LogP contribution < -0.4 is 4.74 Å². The molecule has 0 aliphatic rings. The van der Waals surface area contributed by atoms with E-state index in [0.29, 0.717) is 6.54 Å². The van der Waals surface area contributed by atoms with Crippen LogP contribution in [-0.2, 0) is 0 Å². The van der Waals surface area contributed by atoms with Gasteiger partial charge in [0, 0.05) is 6.54 Å². The average molecular weight is 285 g/mol. The van der Waals surface area contributed by atoms with Crippen molar-refractivity contribution in [1.29, 1.82) is 0 Å². The minimum absolute atomic E-state index is 0.609. The van der Waals surface area contributed by atoms with Crippen LogP contribution >= 0.6 is 0 Å². The highest BCUT2D eigenvalue weighted by Crippen LogP contribution is 2.31. The monoisotopic (exact) mass is 285 g/mol. The molecule has 112 valence electrons. The standard InChI is InChI=1S/C18H23NO2/c1-18(14-19(2)3,21-16-12-8-5-9-13-16)17(20)15-10-6-4-7-11-15/h4-13,17,20H,14H2,1-3H3/t17-,18+/m0/s1. The number of ether oxygens (including phenoxy) is 1. The third kappa shape index (κ3) is 4.06. The number of nitrogens with zero attached hydrogens (tertiary/aromatic N) is 1. The maximum absolute atomic E-state index is 10.8. The predicted octanol–water partition coefficient (Wildman–Crippen LogP) is 3.12. The van der Waals surface area contributed by atoms with E-state index in [1.807, 2.05) is 86.6 Å². The Hall–Kier alpha value is -1.84. The van der Waals surface area contributed by atoms with Crippen LogP contribution in [0.3, 0.4) is 0 Å². The molecule has 0 aliphatic heterocycles. The average Bonchev–Trinajstić information content (AvgIpc) is 2.47. The molecular weight excluding hydrogens is 262 g/mol. The van der Waals surface area contributed by atoms with Crippen molar-refractivity contribution in [3.63, 3.8) is 0 Å². The first-order valence-corrected chi connectivity index (χ1v) is 7.13. The number of aliphatic hydroxyl groups excluding tert-OH is 1. The van der Waals surface area contributed by atoms with Gasteiger partial charge in [0.05, 0.1) is 0 Å². The van der Waals surface area contributed by atoms with Gasteiger partial charge >= 0.3 is 0 Å². The molecule has 0 aromatic heterocycles. The zero-order valence-electron chi connectivity index (χ0n) is 12.9. The Labute approximate surface area is 126 Å². The molecule has 1 N–H and O–H groups in total. The molecule has 0 aliphatic carbocycles. The van der Waals surface area contributed by atoms with Crippen molar-refractivity contribution >= 4 is 0 Å². The van der Waals surface area contributed by atoms with E-state index in [0.717, 1.165) is 11.3 Å². The molecule has 0 heterocycles. The Morgan fingerprint density at radius 3 is 2.05 bits per heavy atom. The van der Waals surface area contributed by atoms with Crippen LogP contribution in [0.15, 0.2) is 60.7 Å². The van der Waals surface area contributed by atoms with Crippen LogP contribution in [0.5, 0.6) is 5.75 Å². The number of hydrogen-bond acceptors (Lipinski definition) is 3. The Bertz CT molecular complexity index is 542. The van der Waals surface area contributed by atoms with Crippen molar-refractivity contribution < 1.29 is 9.84 Å². The summed E-state index contributed by atoms with van der Waals surface area (Å²) in [4.78, 5) is 2.02. The summed E-state index contributed by atoms with van der Waals surface area (Å²) in [5, 5.41) is 10.8. The van der Waals surface area contributed by atoms with Crippen LogP contribution in [0, 0.1) is 0 Å². The van der Waals surface area contributed by atoms with E-state index in [-0.39, 0.29) is 0 Å². The number of para-hydroxylation sites is 1. The molecular formula is C18H23NO2. The van der Waals surface area contributed by atoms with Crippen LogP contribution in [0.1, 0.15) is 18.6 Å². The van der Waals surface area contributed by atoms with E-state index in [1.165, 1.54) is 0 Å². The summed E-state index contributed by atoms with van der Waals surface area (Å²) in [5.74, 6) is 0.761. The van der Waals surface area contributed by atoms with Gasteiger partial charge in [-0.15, -0.1) is 0 Å². The summed E-state index contributed by atoms with van der Waals surface area (Å²) in [6, 6.07) is 19.3. The van der Waals surface area contributed by atoms with Gasteiger partial charge in [0.15, 0.2) is 0 Å². The smallest absolute Gasteiger partial charge is 0.149 e. The molecule has 0 radical (unpaired) electrons. The molecule has 2 atom stereocenters. The van der Waals surface area contributed by atoms with E-state index in [9.17, 15) is 5.11 Å². The van der Waals surface area contributed by atoms with Gasteiger partial charge in [0.1, 0.15) is 17.5 Å². The summed E-state index contributed by atoms with van der Waals surface area (Å²) in [7, 11) is 3.95. The molecule has 3 nitrogen and oxygen atoms in total. The van der Waals surface area contributed by atoms with Gasteiger partial charge in [0.2, 0.25) is 0 Å². The van der Waals surface area contributed by atoms with Gasteiger partial charge in [-0.2, -0.15) is 0 Å². The van der Waals surface area contributed by atoms with E-state index in [4.69, 9.17) is 4.74 Å². The minimum Gasteiger partial charge on any atom is -0.483 e. The lowest BCUT2D eigenvalue weighted by Gasteiger charge is -2.37. The Kier molecular flexibility index (Phi) is 4.99. The van der Waals surface area contributed by atoms with Gasteiger partial charge in [-0.1, -0.05) is 48.5 Å². The summed E-state index contributed by atoms with van der Waals surface area (Å²) in [6.07, 6.45) is -0.707. The van der Waals surface area contributed by atoms with Crippen LogP contribution in [-0.4, -0.2) is 36.2 Å². The van der Waals surface area contributed by atoms with E-state index in [2.05, 4.69) is 0 Å². The Balaban J connectivity index is 2.28. The SMILES string of the molecule is CN(C)C[C@@](C)(Oc1ccccc1)[C@@H](O)c1ccccc1. The molecule has 21 heavy (non-hydrogen) atoms. The summed E-state index contributed by atoms with van der Waals surface area (Å²) < 4.78 is 6.14. The molecule has 0 amide bonds. The molecule has 3 heteroatoms. The van der Waals surface area contributed by atoms with Gasteiger partial charge in [-0.05, 0) is 38.7 Å². The summed E-state index contributed by atoms with van der Waals surface area (Å²) >= 11 is 0. The van der Waals surface area contributed by atoms with E-state index < -0.39 is 11.7 Å². The van der Waals surface area contributed by atoms with Gasteiger partial charge in [-0.3, -0.25) is 0 Å². The van der Waals surface area contributed by atoms with Crippen molar-refractivity contribution in [2.45, 2.75) is 18.6 Å². The van der Waals surface area contributed by atoms with Crippen LogP contribution in [0.4, 0.5) is 0 Å². The first kappa shape index (κ1) is 15.5. The van der Waals surface area contributed by atoms with Crippen molar-refractivity contribution in [2.24, 2.45) is 0 Å². The molecule has 0 bridgehead atoms. The lowest BCUT2D eigenvalue weighted by atomic mass is 9.92. The molecule has 0 fully saturated rings. The molecule has 2 aromatic rings. The van der Waals surface area contributed by atoms with Gasteiger partial charge in [-0.25, -0.2) is 0 Å². The fourth-order valence-electron chi connectivity index (χ4n) is 2.55. The molecule has 2 rings (SSSR count). The molecule has 0 spiro atoms. The topological polar surface area (TPSA) is 32.7 Å². The highest BCUT2D eigenvalue weighted by molar-refractivity contribution is 5.25. The fraction of sp³-hybridized carbons (Fsp3) is 0.333. The van der Waals surface area contributed by atoms with E-state index >= 15 is 0 Å². The maximum Gasteiger partial charge on any atom is 0.149 e. The predicted molar refractivity (Wildman–Crippen MR) is 85.4 cm³/mol. The first-order chi connectivity index (χ1) is 10.0. The van der Waals surface area contributed by atoms with Crippen molar-refractivity contribution in [3.05, 3.63) is 66.2 Å². The lowest BCUT2D eigenvalue weighted by molar-refractivity contribution is -0.0569. The first-order valence-electron chi connectivity index (χ1n) is 7.13. The number of hydrogen-bond donors (Lipinski definition) is 1. The minimum atomic E-state index is -0.730. The number of benzene rings is 2. The van der Waals surface area contributed by atoms with Crippen LogP contribution in [0.25, 0.3) is 0 Å². The molecule has 0 saturated heterocycles. The number of likely N-dealkylation sites (N-methyl/N-ethyl adjacent to an activating group) is 1. The third-order valence-corrected chi connectivity index (χ3v) is 3.42. The second-order valence-electron chi connectivity index (χ2n) is 5.78. The largest absolute Gasteiger partial charge is 0.483 e. The highest BCUT2D eigenvalue weighted by atomic mass is 16.5. The molecule has 0 unspecified atom stereocenters. The third-order valence-electron chi connectivity index (χ3n) is 3.42. The maximum atomic E-state index is 10.8. The lowest BCUT2D eigenvalue weighted by Crippen LogP contribution is -2.47. The fourth-order valence-corrected chi connectivity index (χ4v) is 2.55. The normalized spacial score (nSPS) is 15.5. The quantitative estimate of drug-likeness (QED) is 0.885. The second-order valence-corrected chi connectivity index (χ2v) is 5.78. The molecule has 2 aromatic carbocycles. The zero-order valence-corrected chi connectivity index (χ0v) is 12.9. The van der Waals surface area contributed by atoms with Gasteiger partial charge < -0.3 is 14.7 Å². The summed E-state index contributed by atoms with van der Waals surface area (Å²) in [6.45, 7) is 2.55.